The third kappa shape index (κ3) is 3.92. The first-order chi connectivity index (χ1) is 13.6. The van der Waals surface area contributed by atoms with Gasteiger partial charge in [-0.15, -0.1) is 11.8 Å². The molecule has 2 amide bonds. The number of para-hydroxylation sites is 1. The van der Waals surface area contributed by atoms with E-state index in [2.05, 4.69) is 6.07 Å². The maximum atomic E-state index is 13.3. The van der Waals surface area contributed by atoms with Gasteiger partial charge in [0.25, 0.3) is 5.91 Å². The van der Waals surface area contributed by atoms with Gasteiger partial charge in [-0.25, -0.2) is 4.39 Å². The van der Waals surface area contributed by atoms with Crippen LogP contribution in [0, 0.1) is 11.7 Å². The number of amides is 2. The summed E-state index contributed by atoms with van der Waals surface area (Å²) in [4.78, 5) is 30.9. The van der Waals surface area contributed by atoms with E-state index >= 15 is 0 Å². The number of thioether (sulfide) groups is 1. The molecule has 4 nitrogen and oxygen atoms in total. The highest BCUT2D eigenvalue weighted by Gasteiger charge is 2.33. The fraction of sp³-hybridized carbons (Fsp3) is 0.364. The molecular formula is C22H23FN2O2S. The van der Waals surface area contributed by atoms with Crippen LogP contribution in [0.4, 0.5) is 10.1 Å². The third-order valence-electron chi connectivity index (χ3n) is 5.35. The molecule has 28 heavy (non-hydrogen) atoms. The summed E-state index contributed by atoms with van der Waals surface area (Å²) in [6.45, 7) is 1.76. The fourth-order valence-corrected chi connectivity index (χ4v) is 4.91. The summed E-state index contributed by atoms with van der Waals surface area (Å²) in [7, 11) is 0. The molecule has 2 aliphatic heterocycles. The minimum absolute atomic E-state index is 0.103. The van der Waals surface area contributed by atoms with Gasteiger partial charge >= 0.3 is 0 Å². The fourth-order valence-electron chi connectivity index (χ4n) is 3.91. The Balaban J connectivity index is 1.51. The van der Waals surface area contributed by atoms with Crippen LogP contribution in [-0.2, 0) is 4.79 Å². The molecule has 2 aliphatic rings. The average molecular weight is 399 g/mol. The van der Waals surface area contributed by atoms with Gasteiger partial charge in [-0.05, 0) is 61.4 Å². The van der Waals surface area contributed by atoms with E-state index in [4.69, 9.17) is 0 Å². The number of nitrogens with zero attached hydrogens (tertiary/aromatic N) is 2. The smallest absolute Gasteiger partial charge is 0.253 e. The SMILES string of the molecule is O=C(c1ccc(F)cc1)N1CCCC(C(=O)N2CCCSc3ccccc32)C1. The van der Waals surface area contributed by atoms with E-state index in [0.29, 0.717) is 25.2 Å². The number of hydrogen-bond acceptors (Lipinski definition) is 3. The Bertz CT molecular complexity index is 871. The van der Waals surface area contributed by atoms with Crippen molar-refractivity contribution < 1.29 is 14.0 Å². The van der Waals surface area contributed by atoms with E-state index in [1.165, 1.54) is 24.3 Å². The van der Waals surface area contributed by atoms with Crippen LogP contribution in [0.1, 0.15) is 29.6 Å². The van der Waals surface area contributed by atoms with E-state index in [1.54, 1.807) is 16.7 Å². The summed E-state index contributed by atoms with van der Waals surface area (Å²) in [5.41, 5.74) is 1.45. The molecule has 1 unspecified atom stereocenters. The summed E-state index contributed by atoms with van der Waals surface area (Å²) in [5.74, 6) is 0.409. The van der Waals surface area contributed by atoms with Crippen LogP contribution in [0.3, 0.4) is 0 Å². The van der Waals surface area contributed by atoms with E-state index in [9.17, 15) is 14.0 Å². The Morgan fingerprint density at radius 3 is 2.61 bits per heavy atom. The molecular weight excluding hydrogens is 375 g/mol. The van der Waals surface area contributed by atoms with E-state index in [0.717, 1.165) is 35.6 Å². The number of carbonyl (C=O) groups excluding carboxylic acids is 2. The summed E-state index contributed by atoms with van der Waals surface area (Å²) in [6, 6.07) is 13.7. The normalized spacial score (nSPS) is 19.7. The van der Waals surface area contributed by atoms with E-state index in [-0.39, 0.29) is 23.5 Å². The molecule has 0 N–H and O–H groups in total. The number of anilines is 1. The first-order valence-corrected chi connectivity index (χ1v) is 10.7. The van der Waals surface area contributed by atoms with Gasteiger partial charge < -0.3 is 9.80 Å². The Morgan fingerprint density at radius 1 is 1.00 bits per heavy atom. The molecule has 2 aromatic rings. The lowest BCUT2D eigenvalue weighted by Gasteiger charge is -2.35. The quantitative estimate of drug-likeness (QED) is 0.761. The van der Waals surface area contributed by atoms with Crippen LogP contribution in [0.25, 0.3) is 0 Å². The maximum Gasteiger partial charge on any atom is 0.253 e. The minimum Gasteiger partial charge on any atom is -0.338 e. The van der Waals surface area contributed by atoms with Crippen LogP contribution in [0.5, 0.6) is 0 Å². The summed E-state index contributed by atoms with van der Waals surface area (Å²) in [5, 5.41) is 0. The van der Waals surface area contributed by atoms with Crippen molar-refractivity contribution in [3.05, 3.63) is 59.9 Å². The van der Waals surface area contributed by atoms with Crippen molar-refractivity contribution in [2.45, 2.75) is 24.2 Å². The lowest BCUT2D eigenvalue weighted by atomic mass is 9.95. The average Bonchev–Trinajstić information content (AvgIpc) is 2.96. The predicted octanol–water partition coefficient (Wildman–Crippen LogP) is 4.21. The predicted molar refractivity (Wildman–Crippen MR) is 109 cm³/mol. The highest BCUT2D eigenvalue weighted by atomic mass is 32.2. The van der Waals surface area contributed by atoms with Crippen molar-refractivity contribution in [2.24, 2.45) is 5.92 Å². The molecule has 6 heteroatoms. The number of benzene rings is 2. The number of carbonyl (C=O) groups is 2. The first-order valence-electron chi connectivity index (χ1n) is 9.71. The monoisotopic (exact) mass is 398 g/mol. The second-order valence-electron chi connectivity index (χ2n) is 7.26. The lowest BCUT2D eigenvalue weighted by Crippen LogP contribution is -2.47. The van der Waals surface area contributed by atoms with Crippen LogP contribution in [0.2, 0.25) is 0 Å². The van der Waals surface area contributed by atoms with Gasteiger partial charge in [0.05, 0.1) is 11.6 Å². The number of piperidine rings is 1. The van der Waals surface area contributed by atoms with Gasteiger partial charge in [0.1, 0.15) is 5.82 Å². The van der Waals surface area contributed by atoms with Gasteiger partial charge in [0.15, 0.2) is 0 Å². The molecule has 1 atom stereocenters. The Hall–Kier alpha value is -2.34. The summed E-state index contributed by atoms with van der Waals surface area (Å²) < 4.78 is 13.1. The molecule has 0 radical (unpaired) electrons. The van der Waals surface area contributed by atoms with Crippen molar-refractivity contribution in [1.82, 2.24) is 4.90 Å². The van der Waals surface area contributed by atoms with Crippen molar-refractivity contribution >= 4 is 29.3 Å². The van der Waals surface area contributed by atoms with Gasteiger partial charge in [0, 0.05) is 30.1 Å². The summed E-state index contributed by atoms with van der Waals surface area (Å²) >= 11 is 1.79. The van der Waals surface area contributed by atoms with Crippen molar-refractivity contribution in [2.75, 3.05) is 30.3 Å². The number of hydrogen-bond donors (Lipinski definition) is 0. The van der Waals surface area contributed by atoms with Gasteiger partial charge in [0.2, 0.25) is 5.91 Å². The molecule has 2 aromatic carbocycles. The standard InChI is InChI=1S/C22H23FN2O2S/c23-18-10-8-16(9-11-18)21(26)24-12-3-5-17(15-24)22(27)25-13-4-14-28-20-7-2-1-6-19(20)25/h1-2,6-11,17H,3-5,12-15H2. The molecule has 0 aliphatic carbocycles. The number of halogens is 1. The lowest BCUT2D eigenvalue weighted by molar-refractivity contribution is -0.123. The Labute approximate surface area is 168 Å². The van der Waals surface area contributed by atoms with Gasteiger partial charge in [-0.3, -0.25) is 9.59 Å². The topological polar surface area (TPSA) is 40.6 Å². The van der Waals surface area contributed by atoms with Crippen LogP contribution < -0.4 is 4.90 Å². The van der Waals surface area contributed by atoms with E-state index < -0.39 is 0 Å². The number of likely N-dealkylation sites (tertiary alicyclic amines) is 1. The van der Waals surface area contributed by atoms with Gasteiger partial charge in [-0.2, -0.15) is 0 Å². The van der Waals surface area contributed by atoms with Crippen LogP contribution in [0.15, 0.2) is 53.4 Å². The van der Waals surface area contributed by atoms with Crippen molar-refractivity contribution in [3.8, 4) is 0 Å². The molecule has 0 spiro atoms. The zero-order chi connectivity index (χ0) is 19.5. The highest BCUT2D eigenvalue weighted by Crippen LogP contribution is 2.35. The molecule has 0 bridgehead atoms. The molecule has 1 fully saturated rings. The molecule has 0 aromatic heterocycles. The molecule has 4 rings (SSSR count). The third-order valence-corrected chi connectivity index (χ3v) is 6.50. The van der Waals surface area contributed by atoms with Crippen molar-refractivity contribution in [3.63, 3.8) is 0 Å². The zero-order valence-electron chi connectivity index (χ0n) is 15.6. The Morgan fingerprint density at radius 2 is 1.79 bits per heavy atom. The second kappa shape index (κ2) is 8.35. The minimum atomic E-state index is -0.360. The van der Waals surface area contributed by atoms with Gasteiger partial charge in [-0.1, -0.05) is 12.1 Å². The summed E-state index contributed by atoms with van der Waals surface area (Å²) in [6.07, 6.45) is 2.54. The highest BCUT2D eigenvalue weighted by molar-refractivity contribution is 7.99. The first kappa shape index (κ1) is 19.0. The molecule has 1 saturated heterocycles. The zero-order valence-corrected chi connectivity index (χ0v) is 16.5. The van der Waals surface area contributed by atoms with Crippen LogP contribution >= 0.6 is 11.8 Å². The largest absolute Gasteiger partial charge is 0.338 e. The Kier molecular flexibility index (Phi) is 5.67. The number of rotatable bonds is 2. The number of fused-ring (bicyclic) bond motifs is 1. The molecule has 2 heterocycles. The van der Waals surface area contributed by atoms with E-state index in [1.807, 2.05) is 23.1 Å². The second-order valence-corrected chi connectivity index (χ2v) is 8.39. The maximum absolute atomic E-state index is 13.3. The molecule has 0 saturated carbocycles. The van der Waals surface area contributed by atoms with Crippen molar-refractivity contribution in [1.29, 1.82) is 0 Å². The molecule has 146 valence electrons. The van der Waals surface area contributed by atoms with Crippen LogP contribution in [-0.4, -0.2) is 42.1 Å².